The lowest BCUT2D eigenvalue weighted by Crippen LogP contribution is -2.47. The van der Waals surface area contributed by atoms with Crippen molar-refractivity contribution in [1.29, 1.82) is 0 Å². The second-order valence-corrected chi connectivity index (χ2v) is 8.77. The fourth-order valence-electron chi connectivity index (χ4n) is 4.01. The Bertz CT molecular complexity index is 890. The van der Waals surface area contributed by atoms with Gasteiger partial charge in [-0.1, -0.05) is 19.1 Å². The highest BCUT2D eigenvalue weighted by atomic mass is 32.2. The van der Waals surface area contributed by atoms with E-state index >= 15 is 0 Å². The van der Waals surface area contributed by atoms with Gasteiger partial charge in [-0.3, -0.25) is 4.98 Å². The van der Waals surface area contributed by atoms with Crippen LogP contribution in [-0.4, -0.2) is 56.7 Å². The van der Waals surface area contributed by atoms with Crippen LogP contribution in [0, 0.1) is 6.92 Å². The summed E-state index contributed by atoms with van der Waals surface area (Å²) in [6, 6.07) is 6.07. The fraction of sp³-hybridized carbons (Fsp3) is 0.526. The molecule has 2 heterocycles. The summed E-state index contributed by atoms with van der Waals surface area (Å²) in [5.74, 6) is 0.771. The number of para-hydroxylation sites is 1. The van der Waals surface area contributed by atoms with Gasteiger partial charge in [0, 0.05) is 37.3 Å². The maximum Gasteiger partial charge on any atom is 0.211 e. The highest BCUT2D eigenvalue weighted by Gasteiger charge is 2.30. The smallest absolute Gasteiger partial charge is 0.211 e. The molecule has 0 spiro atoms. The Morgan fingerprint density at radius 3 is 2.58 bits per heavy atom. The topological polar surface area (TPSA) is 62.7 Å². The average Bonchev–Trinajstić information content (AvgIpc) is 2.61. The molecule has 1 aliphatic rings. The van der Waals surface area contributed by atoms with Crippen LogP contribution >= 0.6 is 0 Å². The second kappa shape index (κ2) is 7.40. The Kier molecular flexibility index (Phi) is 5.39. The molecule has 0 saturated carbocycles. The first-order valence-corrected chi connectivity index (χ1v) is 10.9. The number of benzene rings is 1. The van der Waals surface area contributed by atoms with Gasteiger partial charge in [-0.15, -0.1) is 0 Å². The molecule has 1 aromatic carbocycles. The first kappa shape index (κ1) is 18.9. The Balaban J connectivity index is 1.89. The molecule has 0 radical (unpaired) electrons. The normalized spacial score (nSPS) is 16.4. The molecule has 0 N–H and O–H groups in total. The van der Waals surface area contributed by atoms with Gasteiger partial charge < -0.3 is 9.64 Å². The number of hydrogen-bond donors (Lipinski definition) is 0. The van der Waals surface area contributed by atoms with Crippen molar-refractivity contribution in [2.45, 2.75) is 32.7 Å². The van der Waals surface area contributed by atoms with Gasteiger partial charge in [0.2, 0.25) is 10.0 Å². The molecular formula is C19H27N3O3S. The number of fused-ring (bicyclic) bond motifs is 1. The molecule has 1 saturated heterocycles. The lowest BCUT2D eigenvalue weighted by molar-refractivity contribution is 0.285. The van der Waals surface area contributed by atoms with Gasteiger partial charge in [0.15, 0.2) is 0 Å². The van der Waals surface area contributed by atoms with Crippen LogP contribution in [0.1, 0.15) is 25.3 Å². The number of rotatable bonds is 5. The Morgan fingerprint density at radius 1 is 1.31 bits per heavy atom. The van der Waals surface area contributed by atoms with Crippen molar-refractivity contribution in [2.75, 3.05) is 37.9 Å². The van der Waals surface area contributed by atoms with Crippen LogP contribution in [0.3, 0.4) is 0 Å². The molecule has 0 bridgehead atoms. The standard InChI is InChI=1S/C19H27N3O3S/c1-5-22(26(4,23)24)15-9-11-21(12-10-15)19-14(2)13-20-18-16(19)7-6-8-17(18)25-3/h6-8,13,15H,5,9-12H2,1-4H3. The number of hydrogen-bond acceptors (Lipinski definition) is 5. The molecule has 0 aliphatic carbocycles. The third kappa shape index (κ3) is 3.50. The molecule has 7 heteroatoms. The third-order valence-corrected chi connectivity index (χ3v) is 6.57. The number of pyridine rings is 1. The lowest BCUT2D eigenvalue weighted by atomic mass is 10.0. The minimum Gasteiger partial charge on any atom is -0.494 e. The van der Waals surface area contributed by atoms with Gasteiger partial charge in [-0.25, -0.2) is 8.42 Å². The summed E-state index contributed by atoms with van der Waals surface area (Å²) >= 11 is 0. The lowest BCUT2D eigenvalue weighted by Gasteiger charge is -2.38. The van der Waals surface area contributed by atoms with Crippen molar-refractivity contribution in [2.24, 2.45) is 0 Å². The second-order valence-electron chi connectivity index (χ2n) is 6.83. The average molecular weight is 378 g/mol. The summed E-state index contributed by atoms with van der Waals surface area (Å²) in [6.07, 6.45) is 4.85. The van der Waals surface area contributed by atoms with Crippen LogP contribution in [0.4, 0.5) is 5.69 Å². The summed E-state index contributed by atoms with van der Waals surface area (Å²) in [5.41, 5.74) is 3.17. The molecule has 1 aliphatic heterocycles. The molecule has 0 amide bonds. The van der Waals surface area contributed by atoms with E-state index in [0.717, 1.165) is 48.1 Å². The summed E-state index contributed by atoms with van der Waals surface area (Å²) in [7, 11) is -1.50. The van der Waals surface area contributed by atoms with E-state index in [2.05, 4.69) is 22.9 Å². The highest BCUT2D eigenvalue weighted by Crippen LogP contribution is 2.35. The van der Waals surface area contributed by atoms with E-state index in [0.29, 0.717) is 6.54 Å². The minimum atomic E-state index is -3.16. The van der Waals surface area contributed by atoms with Crippen LogP contribution < -0.4 is 9.64 Å². The number of aryl methyl sites for hydroxylation is 1. The maximum absolute atomic E-state index is 12.0. The zero-order chi connectivity index (χ0) is 18.9. The van der Waals surface area contributed by atoms with Gasteiger partial charge in [0.1, 0.15) is 11.3 Å². The Morgan fingerprint density at radius 2 is 2.00 bits per heavy atom. The van der Waals surface area contributed by atoms with Crippen LogP contribution in [0.2, 0.25) is 0 Å². The number of methoxy groups -OCH3 is 1. The van der Waals surface area contributed by atoms with Gasteiger partial charge >= 0.3 is 0 Å². The van der Waals surface area contributed by atoms with Gasteiger partial charge in [-0.2, -0.15) is 4.31 Å². The monoisotopic (exact) mass is 377 g/mol. The molecule has 142 valence electrons. The predicted molar refractivity (Wildman–Crippen MR) is 105 cm³/mol. The van der Waals surface area contributed by atoms with E-state index < -0.39 is 10.0 Å². The van der Waals surface area contributed by atoms with Crippen LogP contribution in [0.5, 0.6) is 5.75 Å². The summed E-state index contributed by atoms with van der Waals surface area (Å²) in [4.78, 5) is 6.91. The van der Waals surface area contributed by atoms with Crippen LogP contribution in [-0.2, 0) is 10.0 Å². The largest absolute Gasteiger partial charge is 0.494 e. The zero-order valence-electron chi connectivity index (χ0n) is 15.9. The fourth-order valence-corrected chi connectivity index (χ4v) is 5.23. The van der Waals surface area contributed by atoms with Crippen LogP contribution in [0.25, 0.3) is 10.9 Å². The quantitative estimate of drug-likeness (QED) is 0.802. The van der Waals surface area contributed by atoms with E-state index in [1.807, 2.05) is 25.3 Å². The molecule has 0 atom stereocenters. The third-order valence-electron chi connectivity index (χ3n) is 5.16. The molecule has 1 aromatic heterocycles. The highest BCUT2D eigenvalue weighted by molar-refractivity contribution is 7.88. The first-order valence-electron chi connectivity index (χ1n) is 9.01. The van der Waals surface area contributed by atoms with E-state index in [4.69, 9.17) is 4.74 Å². The first-order chi connectivity index (χ1) is 12.4. The number of anilines is 1. The molecule has 3 rings (SSSR count). The van der Waals surface area contributed by atoms with Crippen molar-refractivity contribution >= 4 is 26.6 Å². The van der Waals surface area contributed by atoms with Crippen molar-refractivity contribution in [1.82, 2.24) is 9.29 Å². The molecule has 6 nitrogen and oxygen atoms in total. The molecule has 2 aromatic rings. The molecule has 0 unspecified atom stereocenters. The van der Waals surface area contributed by atoms with E-state index in [9.17, 15) is 8.42 Å². The van der Waals surface area contributed by atoms with Crippen molar-refractivity contribution in [3.05, 3.63) is 30.0 Å². The minimum absolute atomic E-state index is 0.0780. The van der Waals surface area contributed by atoms with Crippen molar-refractivity contribution in [3.8, 4) is 5.75 Å². The van der Waals surface area contributed by atoms with E-state index in [1.165, 1.54) is 11.9 Å². The van der Waals surface area contributed by atoms with E-state index in [-0.39, 0.29) is 6.04 Å². The maximum atomic E-state index is 12.0. The molecule has 26 heavy (non-hydrogen) atoms. The summed E-state index contributed by atoms with van der Waals surface area (Å²) in [5, 5.41) is 1.08. The molecule has 1 fully saturated rings. The number of ether oxygens (including phenoxy) is 1. The number of sulfonamides is 1. The summed E-state index contributed by atoms with van der Waals surface area (Å²) in [6.45, 7) is 6.15. The predicted octanol–water partition coefficient (Wildman–Crippen LogP) is 2.80. The van der Waals surface area contributed by atoms with Crippen molar-refractivity contribution in [3.63, 3.8) is 0 Å². The Labute approximate surface area is 155 Å². The van der Waals surface area contributed by atoms with Gasteiger partial charge in [0.25, 0.3) is 0 Å². The van der Waals surface area contributed by atoms with Crippen LogP contribution in [0.15, 0.2) is 24.4 Å². The van der Waals surface area contributed by atoms with E-state index in [1.54, 1.807) is 11.4 Å². The van der Waals surface area contributed by atoms with Crippen molar-refractivity contribution < 1.29 is 13.2 Å². The number of aromatic nitrogens is 1. The van der Waals surface area contributed by atoms with Gasteiger partial charge in [-0.05, 0) is 31.4 Å². The number of piperidine rings is 1. The summed E-state index contributed by atoms with van der Waals surface area (Å²) < 4.78 is 31.1. The zero-order valence-corrected chi connectivity index (χ0v) is 16.7. The van der Waals surface area contributed by atoms with Gasteiger partial charge in [0.05, 0.1) is 19.1 Å². The Hall–Kier alpha value is -1.86. The number of nitrogens with zero attached hydrogens (tertiary/aromatic N) is 3. The SMILES string of the molecule is CCN(C1CCN(c2c(C)cnc3c(OC)cccc23)CC1)S(C)(=O)=O. The molecular weight excluding hydrogens is 350 g/mol.